The number of ether oxygens (including phenoxy) is 1. The zero-order chi connectivity index (χ0) is 15.7. The maximum Gasteiger partial charge on any atom is 0.244 e. The van der Waals surface area contributed by atoms with Crippen molar-refractivity contribution < 1.29 is 13.2 Å². The van der Waals surface area contributed by atoms with Crippen LogP contribution in [0.1, 0.15) is 32.6 Å². The molecule has 0 atom stereocenters. The van der Waals surface area contributed by atoms with Gasteiger partial charge in [0.2, 0.25) is 10.0 Å². The van der Waals surface area contributed by atoms with Crippen LogP contribution in [0.3, 0.4) is 0 Å². The Morgan fingerprint density at radius 2 is 2.19 bits per heavy atom. The zero-order valence-electron chi connectivity index (χ0n) is 13.0. The van der Waals surface area contributed by atoms with E-state index in [0.29, 0.717) is 37.2 Å². The summed E-state index contributed by atoms with van der Waals surface area (Å²) in [6, 6.07) is 2.03. The Balaban J connectivity index is 2.22. The van der Waals surface area contributed by atoms with E-state index in [1.807, 2.05) is 33.1 Å². The number of rotatable bonds is 5. The fraction of sp³-hybridized carbons (Fsp3) is 0.714. The third-order valence-electron chi connectivity index (χ3n) is 3.38. The van der Waals surface area contributed by atoms with Gasteiger partial charge in [0, 0.05) is 30.6 Å². The molecule has 120 valence electrons. The molecule has 0 bridgehead atoms. The lowest BCUT2D eigenvalue weighted by molar-refractivity contribution is -0.0640. The molecule has 0 spiro atoms. The number of hydrogen-bond donors (Lipinski definition) is 1. The molecule has 1 aromatic rings. The lowest BCUT2D eigenvalue weighted by Gasteiger charge is -2.37. The normalized spacial score (nSPS) is 20.0. The average molecular weight is 332 g/mol. The van der Waals surface area contributed by atoms with E-state index in [0.717, 1.165) is 4.88 Å². The van der Waals surface area contributed by atoms with Crippen LogP contribution >= 0.6 is 11.3 Å². The minimum atomic E-state index is -3.44. The largest absolute Gasteiger partial charge is 0.373 e. The Bertz CT molecular complexity index is 579. The second-order valence-corrected chi connectivity index (χ2v) is 9.10. The molecule has 0 aliphatic carbocycles. The Kier molecular flexibility index (Phi) is 5.10. The van der Waals surface area contributed by atoms with E-state index in [1.165, 1.54) is 15.6 Å². The molecular weight excluding hydrogens is 308 g/mol. The summed E-state index contributed by atoms with van der Waals surface area (Å²) in [5.41, 5.74) is -0.433. The molecular formula is C14H24N2O3S2. The van der Waals surface area contributed by atoms with Crippen molar-refractivity contribution in [2.24, 2.45) is 0 Å². The fourth-order valence-corrected chi connectivity index (χ4v) is 5.24. The van der Waals surface area contributed by atoms with E-state index in [2.05, 4.69) is 5.32 Å². The summed E-state index contributed by atoms with van der Waals surface area (Å²) in [6.45, 7) is 9.76. The van der Waals surface area contributed by atoms with Crippen molar-refractivity contribution in [3.05, 3.63) is 16.3 Å². The molecule has 1 N–H and O–H groups in total. The average Bonchev–Trinajstić information content (AvgIpc) is 2.84. The highest BCUT2D eigenvalue weighted by atomic mass is 32.2. The lowest BCUT2D eigenvalue weighted by atomic mass is 10.1. The molecule has 5 nitrogen and oxygen atoms in total. The molecule has 0 unspecified atom stereocenters. The Hall–Kier alpha value is -0.470. The van der Waals surface area contributed by atoms with E-state index in [4.69, 9.17) is 4.74 Å². The number of nitrogens with zero attached hydrogens (tertiary/aromatic N) is 1. The van der Waals surface area contributed by atoms with Crippen molar-refractivity contribution in [3.63, 3.8) is 0 Å². The van der Waals surface area contributed by atoms with Crippen LogP contribution in [0.4, 0.5) is 0 Å². The highest BCUT2D eigenvalue weighted by Crippen LogP contribution is 2.28. The summed E-state index contributed by atoms with van der Waals surface area (Å²) in [5, 5.41) is 5.13. The summed E-state index contributed by atoms with van der Waals surface area (Å²) < 4.78 is 32.8. The summed E-state index contributed by atoms with van der Waals surface area (Å²) in [6.07, 6.45) is 0. The van der Waals surface area contributed by atoms with E-state index in [-0.39, 0.29) is 0 Å². The van der Waals surface area contributed by atoms with Crippen molar-refractivity contribution in [2.45, 2.75) is 50.8 Å². The molecule has 7 heteroatoms. The first kappa shape index (κ1) is 16.9. The van der Waals surface area contributed by atoms with Crippen molar-refractivity contribution in [1.29, 1.82) is 0 Å². The first-order chi connectivity index (χ1) is 9.72. The first-order valence-corrected chi connectivity index (χ1v) is 9.48. The van der Waals surface area contributed by atoms with Gasteiger partial charge in [-0.25, -0.2) is 8.42 Å². The molecule has 0 saturated carbocycles. The van der Waals surface area contributed by atoms with Gasteiger partial charge in [-0.3, -0.25) is 0 Å². The van der Waals surface area contributed by atoms with E-state index < -0.39 is 15.6 Å². The molecule has 1 saturated heterocycles. The van der Waals surface area contributed by atoms with E-state index in [1.54, 1.807) is 6.07 Å². The summed E-state index contributed by atoms with van der Waals surface area (Å²) >= 11 is 1.48. The number of sulfonamides is 1. The zero-order valence-corrected chi connectivity index (χ0v) is 14.7. The van der Waals surface area contributed by atoms with Gasteiger partial charge in [-0.2, -0.15) is 4.31 Å². The maximum absolute atomic E-state index is 12.9. The van der Waals surface area contributed by atoms with E-state index >= 15 is 0 Å². The van der Waals surface area contributed by atoms with Gasteiger partial charge in [0.25, 0.3) is 0 Å². The Morgan fingerprint density at radius 1 is 1.48 bits per heavy atom. The van der Waals surface area contributed by atoms with Crippen molar-refractivity contribution in [3.8, 4) is 0 Å². The smallest absolute Gasteiger partial charge is 0.244 e. The molecule has 1 fully saturated rings. The first-order valence-electron chi connectivity index (χ1n) is 7.16. The topological polar surface area (TPSA) is 58.6 Å². The van der Waals surface area contributed by atoms with Crippen LogP contribution in [0.2, 0.25) is 0 Å². The van der Waals surface area contributed by atoms with E-state index in [9.17, 15) is 8.42 Å². The lowest BCUT2D eigenvalue weighted by Crippen LogP contribution is -2.50. The van der Waals surface area contributed by atoms with Gasteiger partial charge in [0.1, 0.15) is 0 Å². The molecule has 0 amide bonds. The molecule has 2 heterocycles. The van der Waals surface area contributed by atoms with Gasteiger partial charge in [-0.15, -0.1) is 11.3 Å². The molecule has 1 aliphatic heterocycles. The third-order valence-corrected chi connectivity index (χ3v) is 6.36. The molecule has 0 aromatic carbocycles. The quantitative estimate of drug-likeness (QED) is 0.896. The minimum Gasteiger partial charge on any atom is -0.373 e. The molecule has 1 aliphatic rings. The number of nitrogens with one attached hydrogen (secondary N) is 1. The van der Waals surface area contributed by atoms with Crippen molar-refractivity contribution >= 4 is 21.4 Å². The van der Waals surface area contributed by atoms with Gasteiger partial charge >= 0.3 is 0 Å². The van der Waals surface area contributed by atoms with Crippen LogP contribution in [0.25, 0.3) is 0 Å². The summed E-state index contributed by atoms with van der Waals surface area (Å²) in [4.78, 5) is 1.30. The van der Waals surface area contributed by atoms with Gasteiger partial charge in [0.05, 0.1) is 17.1 Å². The van der Waals surface area contributed by atoms with Crippen LogP contribution in [0, 0.1) is 0 Å². The second kappa shape index (κ2) is 6.34. The maximum atomic E-state index is 12.9. The highest BCUT2D eigenvalue weighted by Gasteiger charge is 2.36. The highest BCUT2D eigenvalue weighted by molar-refractivity contribution is 7.89. The van der Waals surface area contributed by atoms with Crippen LogP contribution < -0.4 is 5.32 Å². The number of hydrogen-bond acceptors (Lipinski definition) is 5. The van der Waals surface area contributed by atoms with Crippen molar-refractivity contribution in [1.82, 2.24) is 9.62 Å². The molecule has 21 heavy (non-hydrogen) atoms. The van der Waals surface area contributed by atoms with Gasteiger partial charge < -0.3 is 10.1 Å². The van der Waals surface area contributed by atoms with Crippen LogP contribution in [0.5, 0.6) is 0 Å². The van der Waals surface area contributed by atoms with Crippen LogP contribution in [-0.2, 0) is 21.3 Å². The van der Waals surface area contributed by atoms with Crippen LogP contribution in [0.15, 0.2) is 16.3 Å². The Labute approximate surface area is 131 Å². The van der Waals surface area contributed by atoms with Crippen molar-refractivity contribution in [2.75, 3.05) is 19.7 Å². The third kappa shape index (κ3) is 4.04. The number of morpholine rings is 1. The monoisotopic (exact) mass is 332 g/mol. The number of thiophene rings is 1. The Morgan fingerprint density at radius 3 is 2.81 bits per heavy atom. The molecule has 0 radical (unpaired) electrons. The summed E-state index contributed by atoms with van der Waals surface area (Å²) in [7, 11) is -3.44. The van der Waals surface area contributed by atoms with Gasteiger partial charge in [0.15, 0.2) is 0 Å². The van der Waals surface area contributed by atoms with Gasteiger partial charge in [-0.05, 0) is 25.3 Å². The molecule has 1 aromatic heterocycles. The SMILES string of the molecule is CC(C)NCc1sccc1S(=O)(=O)N1CCOC(C)(C)C1. The summed E-state index contributed by atoms with van der Waals surface area (Å²) in [5.74, 6) is 0. The second-order valence-electron chi connectivity index (χ2n) is 6.19. The van der Waals surface area contributed by atoms with Gasteiger partial charge in [-0.1, -0.05) is 13.8 Å². The predicted octanol–water partition coefficient (Wildman–Crippen LogP) is 2.05. The standard InChI is InChI=1S/C14H24N2O3S2/c1-11(2)15-9-12-13(5-8-20-12)21(17,18)16-6-7-19-14(3,4)10-16/h5,8,11,15H,6-7,9-10H2,1-4H3. The molecule has 2 rings (SSSR count). The van der Waals surface area contributed by atoms with Crippen LogP contribution in [-0.4, -0.2) is 44.1 Å². The minimum absolute atomic E-state index is 0.324. The predicted molar refractivity (Wildman–Crippen MR) is 85.1 cm³/mol. The fourth-order valence-electron chi connectivity index (χ4n) is 2.30.